The second-order valence-electron chi connectivity index (χ2n) is 7.56. The molecule has 0 saturated carbocycles. The van der Waals surface area contributed by atoms with E-state index >= 15 is 0 Å². The predicted molar refractivity (Wildman–Crippen MR) is 111 cm³/mol. The summed E-state index contributed by atoms with van der Waals surface area (Å²) in [5.74, 6) is -0.813. The molecule has 0 heterocycles. The van der Waals surface area contributed by atoms with Crippen LogP contribution in [0, 0.1) is 17.8 Å². The average molecular weight is 385 g/mol. The molecule has 0 spiro atoms. The van der Waals surface area contributed by atoms with Crippen molar-refractivity contribution in [1.29, 1.82) is 0 Å². The molecule has 2 rings (SSSR count). The zero-order chi connectivity index (χ0) is 20.4. The Hall–Kier alpha value is -2.01. The van der Waals surface area contributed by atoms with Gasteiger partial charge in [0.05, 0.1) is 32.5 Å². The molecule has 0 aliphatic carbocycles. The van der Waals surface area contributed by atoms with Gasteiger partial charge in [0.25, 0.3) is 0 Å². The first-order valence-corrected chi connectivity index (χ1v) is 9.94. The van der Waals surface area contributed by atoms with Gasteiger partial charge in [0, 0.05) is 17.8 Å². The first-order chi connectivity index (χ1) is 13.5. The Labute approximate surface area is 168 Å². The Morgan fingerprint density at radius 1 is 0.821 bits per heavy atom. The van der Waals surface area contributed by atoms with Gasteiger partial charge in [-0.2, -0.15) is 0 Å². The fraction of sp³-hybridized carbons (Fsp3) is 0.458. The molecule has 4 atom stereocenters. The van der Waals surface area contributed by atoms with Crippen molar-refractivity contribution in [1.82, 2.24) is 0 Å². The lowest BCUT2D eigenvalue weighted by atomic mass is 9.86. The Morgan fingerprint density at radius 3 is 1.79 bits per heavy atom. The molecule has 0 unspecified atom stereocenters. The van der Waals surface area contributed by atoms with Gasteiger partial charge in [-0.15, -0.1) is 0 Å². The zero-order valence-corrected chi connectivity index (χ0v) is 17.1. The molecule has 0 bridgehead atoms. The molecule has 152 valence electrons. The van der Waals surface area contributed by atoms with Crippen molar-refractivity contribution in [2.24, 2.45) is 17.8 Å². The third kappa shape index (κ3) is 7.19. The molecule has 0 radical (unpaired) electrons. The molecular formula is C24H32O4. The van der Waals surface area contributed by atoms with Crippen LogP contribution in [-0.4, -0.2) is 30.2 Å². The van der Waals surface area contributed by atoms with E-state index in [4.69, 9.17) is 9.47 Å². The number of carbonyl (C=O) groups excluding carboxylic acids is 1. The van der Waals surface area contributed by atoms with Crippen LogP contribution in [0.25, 0.3) is 0 Å². The van der Waals surface area contributed by atoms with Crippen LogP contribution in [0.2, 0.25) is 0 Å². The van der Waals surface area contributed by atoms with Crippen molar-refractivity contribution in [3.05, 3.63) is 71.8 Å². The van der Waals surface area contributed by atoms with E-state index in [0.717, 1.165) is 11.1 Å². The Morgan fingerprint density at radius 2 is 1.29 bits per heavy atom. The fourth-order valence-corrected chi connectivity index (χ4v) is 3.16. The topological polar surface area (TPSA) is 55.8 Å². The highest BCUT2D eigenvalue weighted by Crippen LogP contribution is 2.19. The molecule has 0 fully saturated rings. The standard InChI is InChI=1S/C24H32O4/c1-18(14-27-16-21-10-6-4-7-11-21)23(25)20(3)24(26)19(2)15-28-17-22-12-8-5-9-13-22/h4-13,18-20,23,25H,14-17H2,1-3H3/t18-,19-,20+,23-/m0/s1. The molecule has 4 nitrogen and oxygen atoms in total. The van der Waals surface area contributed by atoms with E-state index in [2.05, 4.69) is 0 Å². The Bertz CT molecular complexity index is 686. The first kappa shape index (κ1) is 22.3. The van der Waals surface area contributed by atoms with Gasteiger partial charge in [-0.05, 0) is 11.1 Å². The van der Waals surface area contributed by atoms with Crippen LogP contribution in [0.5, 0.6) is 0 Å². The summed E-state index contributed by atoms with van der Waals surface area (Å²) in [6.45, 7) is 7.30. The second kappa shape index (κ2) is 11.7. The lowest BCUT2D eigenvalue weighted by Gasteiger charge is -2.26. The zero-order valence-electron chi connectivity index (χ0n) is 17.1. The van der Waals surface area contributed by atoms with E-state index in [1.165, 1.54) is 0 Å². The summed E-state index contributed by atoms with van der Waals surface area (Å²) in [5.41, 5.74) is 2.18. The van der Waals surface area contributed by atoms with Gasteiger partial charge in [-0.3, -0.25) is 4.79 Å². The van der Waals surface area contributed by atoms with Gasteiger partial charge in [-0.1, -0.05) is 81.4 Å². The fourth-order valence-electron chi connectivity index (χ4n) is 3.16. The lowest BCUT2D eigenvalue weighted by molar-refractivity contribution is -0.133. The van der Waals surface area contributed by atoms with Crippen LogP contribution in [0.4, 0.5) is 0 Å². The molecule has 2 aromatic rings. The van der Waals surface area contributed by atoms with Gasteiger partial charge in [-0.25, -0.2) is 0 Å². The number of aliphatic hydroxyl groups is 1. The van der Waals surface area contributed by atoms with Crippen LogP contribution in [0.1, 0.15) is 31.9 Å². The number of aliphatic hydroxyl groups excluding tert-OH is 1. The molecule has 0 aliphatic rings. The highest BCUT2D eigenvalue weighted by Gasteiger charge is 2.29. The van der Waals surface area contributed by atoms with Crippen molar-refractivity contribution in [3.63, 3.8) is 0 Å². The van der Waals surface area contributed by atoms with E-state index in [1.807, 2.05) is 74.5 Å². The minimum atomic E-state index is -0.736. The molecule has 28 heavy (non-hydrogen) atoms. The molecular weight excluding hydrogens is 352 g/mol. The van der Waals surface area contributed by atoms with Gasteiger partial charge in [0.15, 0.2) is 0 Å². The summed E-state index contributed by atoms with van der Waals surface area (Å²) in [4.78, 5) is 12.6. The lowest BCUT2D eigenvalue weighted by Crippen LogP contribution is -2.37. The number of Topliss-reactive ketones (excluding diaryl/α,β-unsaturated/α-hetero) is 1. The molecule has 0 aliphatic heterocycles. The maximum absolute atomic E-state index is 12.6. The molecule has 0 aromatic heterocycles. The summed E-state index contributed by atoms with van der Waals surface area (Å²) in [6, 6.07) is 19.8. The van der Waals surface area contributed by atoms with Crippen molar-refractivity contribution < 1.29 is 19.4 Å². The summed E-state index contributed by atoms with van der Waals surface area (Å²) in [5, 5.41) is 10.6. The number of carbonyl (C=O) groups is 1. The molecule has 4 heteroatoms. The Balaban J connectivity index is 1.71. The number of ether oxygens (including phenoxy) is 2. The van der Waals surface area contributed by atoms with Crippen LogP contribution >= 0.6 is 0 Å². The van der Waals surface area contributed by atoms with Crippen LogP contribution in [-0.2, 0) is 27.5 Å². The minimum Gasteiger partial charge on any atom is -0.392 e. The van der Waals surface area contributed by atoms with Gasteiger partial charge in [0.1, 0.15) is 5.78 Å². The summed E-state index contributed by atoms with van der Waals surface area (Å²) >= 11 is 0. The second-order valence-corrected chi connectivity index (χ2v) is 7.56. The molecule has 1 N–H and O–H groups in total. The number of benzene rings is 2. The van der Waals surface area contributed by atoms with E-state index < -0.39 is 12.0 Å². The van der Waals surface area contributed by atoms with Crippen molar-refractivity contribution in [3.8, 4) is 0 Å². The smallest absolute Gasteiger partial charge is 0.143 e. The van der Waals surface area contributed by atoms with Crippen LogP contribution in [0.15, 0.2) is 60.7 Å². The maximum atomic E-state index is 12.6. The summed E-state index contributed by atoms with van der Waals surface area (Å²) in [7, 11) is 0. The highest BCUT2D eigenvalue weighted by atomic mass is 16.5. The van der Waals surface area contributed by atoms with Crippen molar-refractivity contribution in [2.45, 2.75) is 40.1 Å². The average Bonchev–Trinajstić information content (AvgIpc) is 2.73. The third-order valence-corrected chi connectivity index (χ3v) is 5.00. The largest absolute Gasteiger partial charge is 0.392 e. The monoisotopic (exact) mass is 384 g/mol. The molecule has 0 saturated heterocycles. The van der Waals surface area contributed by atoms with E-state index in [9.17, 15) is 9.90 Å². The maximum Gasteiger partial charge on any atom is 0.143 e. The first-order valence-electron chi connectivity index (χ1n) is 9.94. The number of hydrogen-bond acceptors (Lipinski definition) is 4. The van der Waals surface area contributed by atoms with E-state index in [0.29, 0.717) is 26.4 Å². The quantitative estimate of drug-likeness (QED) is 0.594. The summed E-state index contributed by atoms with van der Waals surface area (Å²) < 4.78 is 11.4. The minimum absolute atomic E-state index is 0.0236. The van der Waals surface area contributed by atoms with Crippen molar-refractivity contribution >= 4 is 5.78 Å². The van der Waals surface area contributed by atoms with Crippen LogP contribution in [0.3, 0.4) is 0 Å². The van der Waals surface area contributed by atoms with Crippen molar-refractivity contribution in [2.75, 3.05) is 13.2 Å². The van der Waals surface area contributed by atoms with E-state index in [1.54, 1.807) is 6.92 Å². The van der Waals surface area contributed by atoms with Crippen LogP contribution < -0.4 is 0 Å². The van der Waals surface area contributed by atoms with Gasteiger partial charge in [0.2, 0.25) is 0 Å². The molecule has 2 aromatic carbocycles. The third-order valence-electron chi connectivity index (χ3n) is 5.00. The highest BCUT2D eigenvalue weighted by molar-refractivity contribution is 5.83. The number of rotatable bonds is 12. The SMILES string of the molecule is C[C@@H](COCc1ccccc1)C(=O)[C@H](C)[C@@H](O)[C@@H](C)COCc1ccccc1. The number of ketones is 1. The normalized spacial score (nSPS) is 15.6. The van der Waals surface area contributed by atoms with Gasteiger partial charge >= 0.3 is 0 Å². The summed E-state index contributed by atoms with van der Waals surface area (Å²) in [6.07, 6.45) is -0.736. The molecule has 0 amide bonds. The Kier molecular flexibility index (Phi) is 9.35. The van der Waals surface area contributed by atoms with Gasteiger partial charge < -0.3 is 14.6 Å². The van der Waals surface area contributed by atoms with E-state index in [-0.39, 0.29) is 17.6 Å². The predicted octanol–water partition coefficient (Wildman–Crippen LogP) is 4.26. The number of hydrogen-bond donors (Lipinski definition) is 1.